The van der Waals surface area contributed by atoms with Crippen molar-refractivity contribution in [3.05, 3.63) is 53.3 Å². The van der Waals surface area contributed by atoms with Crippen molar-refractivity contribution in [2.45, 2.75) is 0 Å². The summed E-state index contributed by atoms with van der Waals surface area (Å²) in [4.78, 5) is 12.0. The summed E-state index contributed by atoms with van der Waals surface area (Å²) < 4.78 is 44.9. The van der Waals surface area contributed by atoms with Crippen molar-refractivity contribution < 1.29 is 22.7 Å². The summed E-state index contributed by atoms with van der Waals surface area (Å²) in [7, 11) is 1.28. The minimum Gasteiger partial charge on any atom is -0.494 e. The van der Waals surface area contributed by atoms with Gasteiger partial charge in [0.25, 0.3) is 5.91 Å². The van der Waals surface area contributed by atoms with Crippen molar-refractivity contribution in [2.75, 3.05) is 18.2 Å². The van der Waals surface area contributed by atoms with Gasteiger partial charge in [-0.1, -0.05) is 0 Å². The normalized spacial score (nSPS) is 10.3. The molecule has 0 spiro atoms. The molecule has 0 radical (unpaired) electrons. The summed E-state index contributed by atoms with van der Waals surface area (Å²) in [5, 5.41) is 2.31. The van der Waals surface area contributed by atoms with Gasteiger partial charge in [0.05, 0.1) is 24.0 Å². The molecule has 0 aliphatic rings. The topological polar surface area (TPSA) is 64.3 Å². The average molecular weight is 296 g/mol. The molecule has 2 aromatic rings. The number of amides is 1. The Balaban J connectivity index is 2.35. The van der Waals surface area contributed by atoms with Gasteiger partial charge in [-0.15, -0.1) is 0 Å². The lowest BCUT2D eigenvalue weighted by Crippen LogP contribution is -2.16. The van der Waals surface area contributed by atoms with Crippen LogP contribution in [0.5, 0.6) is 5.75 Å². The van der Waals surface area contributed by atoms with Gasteiger partial charge in [-0.05, 0) is 24.3 Å². The van der Waals surface area contributed by atoms with Crippen LogP contribution in [0.2, 0.25) is 0 Å². The molecule has 4 nitrogen and oxygen atoms in total. The fourth-order valence-electron chi connectivity index (χ4n) is 1.73. The van der Waals surface area contributed by atoms with Crippen LogP contribution in [0.3, 0.4) is 0 Å². The second-order valence-electron chi connectivity index (χ2n) is 4.16. The van der Waals surface area contributed by atoms with Crippen molar-refractivity contribution in [1.82, 2.24) is 0 Å². The van der Waals surface area contributed by atoms with Crippen LogP contribution < -0.4 is 15.8 Å². The van der Waals surface area contributed by atoms with Gasteiger partial charge < -0.3 is 15.8 Å². The van der Waals surface area contributed by atoms with E-state index in [0.29, 0.717) is 0 Å². The molecule has 0 aliphatic carbocycles. The van der Waals surface area contributed by atoms with Crippen LogP contribution in [-0.4, -0.2) is 13.0 Å². The Morgan fingerprint density at radius 2 is 1.86 bits per heavy atom. The van der Waals surface area contributed by atoms with Gasteiger partial charge in [0.15, 0.2) is 5.82 Å². The van der Waals surface area contributed by atoms with E-state index in [-0.39, 0.29) is 11.4 Å². The first-order valence-corrected chi connectivity index (χ1v) is 5.81. The molecule has 21 heavy (non-hydrogen) atoms. The zero-order chi connectivity index (χ0) is 15.6. The van der Waals surface area contributed by atoms with E-state index in [4.69, 9.17) is 10.5 Å². The van der Waals surface area contributed by atoms with Crippen molar-refractivity contribution in [3.8, 4) is 5.75 Å². The van der Waals surface area contributed by atoms with E-state index in [1.807, 2.05) is 0 Å². The maximum Gasteiger partial charge on any atom is 0.258 e. The summed E-state index contributed by atoms with van der Waals surface area (Å²) in [6, 6.07) is 4.87. The number of hydrogen-bond acceptors (Lipinski definition) is 3. The molecule has 0 saturated heterocycles. The minimum atomic E-state index is -1.03. The highest BCUT2D eigenvalue weighted by molar-refractivity contribution is 6.05. The molecule has 0 aromatic heterocycles. The molecule has 0 atom stereocenters. The number of halogens is 3. The number of benzene rings is 2. The lowest BCUT2D eigenvalue weighted by atomic mass is 10.1. The van der Waals surface area contributed by atoms with E-state index < -0.39 is 34.6 Å². The fourth-order valence-corrected chi connectivity index (χ4v) is 1.73. The van der Waals surface area contributed by atoms with Crippen LogP contribution in [0.4, 0.5) is 24.5 Å². The van der Waals surface area contributed by atoms with Gasteiger partial charge in [-0.2, -0.15) is 0 Å². The van der Waals surface area contributed by atoms with E-state index in [0.717, 1.165) is 24.3 Å². The van der Waals surface area contributed by atoms with Gasteiger partial charge >= 0.3 is 0 Å². The molecule has 1 amide bonds. The number of anilines is 2. The Kier molecular flexibility index (Phi) is 4.02. The van der Waals surface area contributed by atoms with Gasteiger partial charge in [0.1, 0.15) is 17.4 Å². The van der Waals surface area contributed by atoms with Crippen LogP contribution in [-0.2, 0) is 0 Å². The number of rotatable bonds is 3. The fraction of sp³-hybridized carbons (Fsp3) is 0.0714. The highest BCUT2D eigenvalue weighted by Crippen LogP contribution is 2.26. The molecule has 7 heteroatoms. The number of carbonyl (C=O) groups excluding carboxylic acids is 1. The molecule has 3 N–H and O–H groups in total. The van der Waals surface area contributed by atoms with E-state index in [9.17, 15) is 18.0 Å². The third-order valence-corrected chi connectivity index (χ3v) is 2.72. The maximum atomic E-state index is 13.7. The average Bonchev–Trinajstić information content (AvgIpc) is 2.44. The predicted molar refractivity (Wildman–Crippen MR) is 71.7 cm³/mol. The summed E-state index contributed by atoms with van der Waals surface area (Å²) in [6.45, 7) is 0. The zero-order valence-electron chi connectivity index (χ0n) is 10.9. The second-order valence-corrected chi connectivity index (χ2v) is 4.16. The first-order valence-electron chi connectivity index (χ1n) is 5.81. The van der Waals surface area contributed by atoms with Gasteiger partial charge in [0, 0.05) is 6.07 Å². The van der Waals surface area contributed by atoms with Crippen molar-refractivity contribution >= 4 is 17.3 Å². The molecule has 110 valence electrons. The number of nitrogens with one attached hydrogen (secondary N) is 1. The molecule has 2 aromatic carbocycles. The predicted octanol–water partition coefficient (Wildman–Crippen LogP) is 2.95. The van der Waals surface area contributed by atoms with Crippen molar-refractivity contribution in [1.29, 1.82) is 0 Å². The molecule has 0 fully saturated rings. The lowest BCUT2D eigenvalue weighted by molar-refractivity contribution is 0.102. The molecule has 0 bridgehead atoms. The Hall–Kier alpha value is -2.70. The first-order chi connectivity index (χ1) is 9.92. The lowest BCUT2D eigenvalue weighted by Gasteiger charge is -2.11. The Bertz CT molecular complexity index is 705. The summed E-state index contributed by atoms with van der Waals surface area (Å²) in [5.41, 5.74) is 4.34. The quantitative estimate of drug-likeness (QED) is 0.856. The monoisotopic (exact) mass is 296 g/mol. The first kappa shape index (κ1) is 14.7. The molecule has 2 rings (SSSR count). The van der Waals surface area contributed by atoms with Crippen LogP contribution in [0.1, 0.15) is 10.4 Å². The number of carbonyl (C=O) groups is 1. The molecule has 0 unspecified atom stereocenters. The number of ether oxygens (including phenoxy) is 1. The Morgan fingerprint density at radius 3 is 2.52 bits per heavy atom. The highest BCUT2D eigenvalue weighted by Gasteiger charge is 2.17. The third-order valence-electron chi connectivity index (χ3n) is 2.72. The highest BCUT2D eigenvalue weighted by atomic mass is 19.1. The second kappa shape index (κ2) is 5.74. The number of methoxy groups -OCH3 is 1. The van der Waals surface area contributed by atoms with Gasteiger partial charge in [-0.3, -0.25) is 4.79 Å². The summed E-state index contributed by atoms with van der Waals surface area (Å²) >= 11 is 0. The summed E-state index contributed by atoms with van der Waals surface area (Å²) in [6.07, 6.45) is 0. The van der Waals surface area contributed by atoms with E-state index in [1.54, 1.807) is 0 Å². The zero-order valence-corrected chi connectivity index (χ0v) is 10.9. The van der Waals surface area contributed by atoms with Crippen molar-refractivity contribution in [3.63, 3.8) is 0 Å². The van der Waals surface area contributed by atoms with Crippen LogP contribution in [0, 0.1) is 17.5 Å². The van der Waals surface area contributed by atoms with Crippen LogP contribution in [0.15, 0.2) is 30.3 Å². The largest absolute Gasteiger partial charge is 0.494 e. The van der Waals surface area contributed by atoms with Crippen molar-refractivity contribution in [2.24, 2.45) is 0 Å². The molecule has 0 saturated carbocycles. The Morgan fingerprint density at radius 1 is 1.14 bits per heavy atom. The van der Waals surface area contributed by atoms with E-state index in [2.05, 4.69) is 5.32 Å². The summed E-state index contributed by atoms with van der Waals surface area (Å²) in [5.74, 6) is -3.32. The smallest absolute Gasteiger partial charge is 0.258 e. The minimum absolute atomic E-state index is 0.0492. The number of hydrogen-bond donors (Lipinski definition) is 2. The standard InChI is InChI=1S/C14H11F3N2O2/c1-21-12-6-7(15)2-3-11(12)19-14(20)9-4-8(16)5-10(18)13(9)17/h2-6H,18H2,1H3,(H,19,20). The van der Waals surface area contributed by atoms with Crippen LogP contribution in [0.25, 0.3) is 0 Å². The molecule has 0 heterocycles. The molecular formula is C14H11F3N2O2. The van der Waals surface area contributed by atoms with Gasteiger partial charge in [0.2, 0.25) is 0 Å². The maximum absolute atomic E-state index is 13.7. The molecule has 0 aliphatic heterocycles. The SMILES string of the molecule is COc1cc(F)ccc1NC(=O)c1cc(F)cc(N)c1F. The van der Waals surface area contributed by atoms with E-state index in [1.165, 1.54) is 13.2 Å². The third kappa shape index (κ3) is 3.07. The van der Waals surface area contributed by atoms with E-state index >= 15 is 0 Å². The van der Waals surface area contributed by atoms with Crippen LogP contribution >= 0.6 is 0 Å². The Labute approximate surface area is 118 Å². The molecular weight excluding hydrogens is 285 g/mol. The number of nitrogens with two attached hydrogens (primary N) is 1. The van der Waals surface area contributed by atoms with Gasteiger partial charge in [-0.25, -0.2) is 13.2 Å². The number of nitrogen functional groups attached to an aromatic ring is 1.